The summed E-state index contributed by atoms with van der Waals surface area (Å²) in [5.41, 5.74) is 2.39. The minimum atomic E-state index is -0.637. The van der Waals surface area contributed by atoms with E-state index in [-0.39, 0.29) is 12.7 Å². The maximum absolute atomic E-state index is 10.3. The Bertz CT molecular complexity index is 777. The van der Waals surface area contributed by atoms with Crippen molar-refractivity contribution in [1.82, 2.24) is 10.6 Å². The van der Waals surface area contributed by atoms with Crippen LogP contribution < -0.4 is 15.5 Å². The van der Waals surface area contributed by atoms with Crippen molar-refractivity contribution in [3.8, 4) is 0 Å². The van der Waals surface area contributed by atoms with Crippen LogP contribution in [0, 0.1) is 0 Å². The van der Waals surface area contributed by atoms with E-state index in [0.717, 1.165) is 44.0 Å². The molecule has 1 saturated heterocycles. The Morgan fingerprint density at radius 3 is 2.39 bits per heavy atom. The summed E-state index contributed by atoms with van der Waals surface area (Å²) in [6, 6.07) is 21.0. The molecule has 1 aliphatic rings. The van der Waals surface area contributed by atoms with E-state index in [9.17, 15) is 5.11 Å². The molecule has 1 aliphatic heterocycles. The molecule has 2 atom stereocenters. The fraction of sp³-hybridized carbons (Fsp3) is 0.480. The number of hydrogen-bond donors (Lipinski definition) is 3. The standard InChI is InChI=1S/C25H36N4O2/c1-3-26-25(27-18-24(30)19-31-20(2)21-10-6-4-7-11-21)28-22-14-16-29(17-15-22)23-12-8-5-9-13-23/h4-13,20,22,24,30H,3,14-19H2,1-2H3,(H2,26,27,28). The van der Waals surface area contributed by atoms with Crippen molar-refractivity contribution in [2.24, 2.45) is 4.99 Å². The van der Waals surface area contributed by atoms with E-state index in [1.165, 1.54) is 5.69 Å². The summed E-state index contributed by atoms with van der Waals surface area (Å²) in [5, 5.41) is 17.2. The fourth-order valence-corrected chi connectivity index (χ4v) is 3.76. The summed E-state index contributed by atoms with van der Waals surface area (Å²) in [5.74, 6) is 0.760. The van der Waals surface area contributed by atoms with Gasteiger partial charge in [-0.25, -0.2) is 0 Å². The number of anilines is 1. The van der Waals surface area contributed by atoms with Gasteiger partial charge in [-0.2, -0.15) is 0 Å². The van der Waals surface area contributed by atoms with E-state index in [4.69, 9.17) is 4.74 Å². The van der Waals surface area contributed by atoms with E-state index < -0.39 is 6.10 Å². The number of hydrogen-bond acceptors (Lipinski definition) is 4. The highest BCUT2D eigenvalue weighted by molar-refractivity contribution is 5.80. The topological polar surface area (TPSA) is 69.1 Å². The molecule has 0 aliphatic carbocycles. The number of nitrogens with one attached hydrogen (secondary N) is 2. The van der Waals surface area contributed by atoms with Gasteiger partial charge in [0.05, 0.1) is 25.4 Å². The van der Waals surface area contributed by atoms with Gasteiger partial charge >= 0.3 is 0 Å². The van der Waals surface area contributed by atoms with E-state index >= 15 is 0 Å². The minimum Gasteiger partial charge on any atom is -0.389 e. The van der Waals surface area contributed by atoms with Crippen molar-refractivity contribution >= 4 is 11.6 Å². The summed E-state index contributed by atoms with van der Waals surface area (Å²) in [7, 11) is 0. The smallest absolute Gasteiger partial charge is 0.191 e. The number of piperidine rings is 1. The Labute approximate surface area is 186 Å². The molecule has 0 radical (unpaired) electrons. The monoisotopic (exact) mass is 424 g/mol. The van der Waals surface area contributed by atoms with Gasteiger partial charge < -0.3 is 25.4 Å². The van der Waals surface area contributed by atoms with Gasteiger partial charge in [0.2, 0.25) is 0 Å². The average molecular weight is 425 g/mol. The lowest BCUT2D eigenvalue weighted by Crippen LogP contribution is -2.49. The number of para-hydroxylation sites is 1. The Kier molecular flexibility index (Phi) is 9.18. The van der Waals surface area contributed by atoms with Crippen molar-refractivity contribution in [2.45, 2.75) is 44.9 Å². The van der Waals surface area contributed by atoms with Gasteiger partial charge in [-0.05, 0) is 44.4 Å². The van der Waals surface area contributed by atoms with Crippen LogP contribution in [0.3, 0.4) is 0 Å². The molecule has 0 amide bonds. The molecule has 3 rings (SSSR count). The molecular formula is C25H36N4O2. The van der Waals surface area contributed by atoms with Gasteiger partial charge in [0.25, 0.3) is 0 Å². The van der Waals surface area contributed by atoms with Gasteiger partial charge in [-0.3, -0.25) is 4.99 Å². The number of nitrogens with zero attached hydrogens (tertiary/aromatic N) is 2. The maximum Gasteiger partial charge on any atom is 0.191 e. The summed E-state index contributed by atoms with van der Waals surface area (Å²) in [4.78, 5) is 7.01. The second kappa shape index (κ2) is 12.3. The molecule has 2 unspecified atom stereocenters. The van der Waals surface area contributed by atoms with Crippen molar-refractivity contribution < 1.29 is 9.84 Å². The average Bonchev–Trinajstić information content (AvgIpc) is 2.82. The summed E-state index contributed by atoms with van der Waals surface area (Å²) >= 11 is 0. The summed E-state index contributed by atoms with van der Waals surface area (Å²) in [6.07, 6.45) is 1.42. The van der Waals surface area contributed by atoms with Crippen LogP contribution in [0.5, 0.6) is 0 Å². The fourth-order valence-electron chi connectivity index (χ4n) is 3.76. The summed E-state index contributed by atoms with van der Waals surface area (Å²) in [6.45, 7) is 7.44. The van der Waals surface area contributed by atoms with Crippen LogP contribution in [0.25, 0.3) is 0 Å². The van der Waals surface area contributed by atoms with E-state index in [1.54, 1.807) is 0 Å². The van der Waals surface area contributed by atoms with Gasteiger partial charge in [0.15, 0.2) is 5.96 Å². The number of aliphatic imine (C=N–C) groups is 1. The number of aliphatic hydroxyl groups is 1. The Morgan fingerprint density at radius 1 is 1.10 bits per heavy atom. The SMILES string of the molecule is CCNC(=NCC(O)COC(C)c1ccccc1)NC1CCN(c2ccccc2)CC1. The molecule has 2 aromatic carbocycles. The molecule has 3 N–H and O–H groups in total. The molecule has 1 heterocycles. The van der Waals surface area contributed by atoms with Crippen molar-refractivity contribution in [1.29, 1.82) is 0 Å². The molecule has 0 spiro atoms. The zero-order valence-corrected chi connectivity index (χ0v) is 18.7. The zero-order valence-electron chi connectivity index (χ0n) is 18.7. The first-order chi connectivity index (χ1) is 15.2. The Hall–Kier alpha value is -2.57. The van der Waals surface area contributed by atoms with Gasteiger partial charge in [-0.15, -0.1) is 0 Å². The molecule has 0 aromatic heterocycles. The first-order valence-electron chi connectivity index (χ1n) is 11.3. The minimum absolute atomic E-state index is 0.0546. The summed E-state index contributed by atoms with van der Waals surface area (Å²) < 4.78 is 5.82. The molecule has 6 nitrogen and oxygen atoms in total. The maximum atomic E-state index is 10.3. The van der Waals surface area contributed by atoms with Crippen LogP contribution in [0.15, 0.2) is 65.7 Å². The normalized spacial score (nSPS) is 17.3. The largest absolute Gasteiger partial charge is 0.389 e. The number of aliphatic hydroxyl groups excluding tert-OH is 1. The highest BCUT2D eigenvalue weighted by Crippen LogP contribution is 2.19. The predicted molar refractivity (Wildman–Crippen MR) is 128 cm³/mol. The highest BCUT2D eigenvalue weighted by Gasteiger charge is 2.20. The van der Waals surface area contributed by atoms with Gasteiger partial charge in [0.1, 0.15) is 0 Å². The molecule has 0 saturated carbocycles. The van der Waals surface area contributed by atoms with Crippen molar-refractivity contribution in [2.75, 3.05) is 37.7 Å². The zero-order chi connectivity index (χ0) is 21.9. The van der Waals surface area contributed by atoms with E-state index in [2.05, 4.69) is 57.8 Å². The van der Waals surface area contributed by atoms with E-state index in [0.29, 0.717) is 12.6 Å². The number of benzene rings is 2. The number of ether oxygens (including phenoxy) is 1. The number of guanidine groups is 1. The van der Waals surface area contributed by atoms with Crippen LogP contribution in [0.1, 0.15) is 38.4 Å². The lowest BCUT2D eigenvalue weighted by Gasteiger charge is -2.34. The quantitative estimate of drug-likeness (QED) is 0.425. The third-order valence-corrected chi connectivity index (χ3v) is 5.57. The van der Waals surface area contributed by atoms with Gasteiger partial charge in [0, 0.05) is 31.4 Å². The van der Waals surface area contributed by atoms with Crippen molar-refractivity contribution in [3.05, 3.63) is 66.2 Å². The lowest BCUT2D eigenvalue weighted by atomic mass is 10.0. The number of rotatable bonds is 9. The molecule has 6 heteroatoms. The van der Waals surface area contributed by atoms with Crippen LogP contribution in [-0.4, -0.2) is 56.0 Å². The van der Waals surface area contributed by atoms with E-state index in [1.807, 2.05) is 37.3 Å². The highest BCUT2D eigenvalue weighted by atomic mass is 16.5. The Morgan fingerprint density at radius 2 is 1.74 bits per heavy atom. The van der Waals surface area contributed by atoms with Crippen LogP contribution in [0.2, 0.25) is 0 Å². The lowest BCUT2D eigenvalue weighted by molar-refractivity contribution is 0.00111. The molecule has 168 valence electrons. The van der Waals surface area contributed by atoms with Gasteiger partial charge in [-0.1, -0.05) is 48.5 Å². The van der Waals surface area contributed by atoms with Crippen LogP contribution in [-0.2, 0) is 4.74 Å². The molecule has 1 fully saturated rings. The molecule has 31 heavy (non-hydrogen) atoms. The second-order valence-electron chi connectivity index (χ2n) is 8.00. The predicted octanol–water partition coefficient (Wildman–Crippen LogP) is 3.35. The van der Waals surface area contributed by atoms with Crippen LogP contribution in [0.4, 0.5) is 5.69 Å². The second-order valence-corrected chi connectivity index (χ2v) is 8.00. The molecule has 0 bridgehead atoms. The molecular weight excluding hydrogens is 388 g/mol. The van der Waals surface area contributed by atoms with Crippen molar-refractivity contribution in [3.63, 3.8) is 0 Å². The third kappa shape index (κ3) is 7.56. The Balaban J connectivity index is 1.43. The van der Waals surface area contributed by atoms with Crippen LogP contribution >= 0.6 is 0 Å². The molecule has 2 aromatic rings. The first-order valence-corrected chi connectivity index (χ1v) is 11.3. The third-order valence-electron chi connectivity index (χ3n) is 5.57. The first kappa shape index (κ1) is 23.1.